The van der Waals surface area contributed by atoms with E-state index in [1.807, 2.05) is 13.8 Å². The summed E-state index contributed by atoms with van der Waals surface area (Å²) in [6.07, 6.45) is -3.37. The van der Waals surface area contributed by atoms with Crippen LogP contribution in [0.15, 0.2) is 12.4 Å². The minimum atomic E-state index is -4.19. The van der Waals surface area contributed by atoms with Gasteiger partial charge in [0.2, 0.25) is 11.8 Å². The molecule has 2 aromatic heterocycles. The van der Waals surface area contributed by atoms with E-state index >= 15 is 0 Å². The topological polar surface area (TPSA) is 190 Å². The zero-order valence-electron chi connectivity index (χ0n) is 28.0. The Labute approximate surface area is 320 Å². The Bertz CT molecular complexity index is 1340. The number of hydrogen-bond acceptors (Lipinski definition) is 11. The Hall–Kier alpha value is -2.57. The maximum Gasteiger partial charge on any atom is 1.00 e. The number of rotatable bonds is 10. The summed E-state index contributed by atoms with van der Waals surface area (Å²) >= 11 is 0. The summed E-state index contributed by atoms with van der Waals surface area (Å²) in [5, 5.41) is 10.5. The first-order valence-corrected chi connectivity index (χ1v) is 14.5. The minimum Gasteiger partial charge on any atom is -0.870 e. The van der Waals surface area contributed by atoms with Crippen LogP contribution in [0.5, 0.6) is 11.8 Å². The van der Waals surface area contributed by atoms with E-state index in [9.17, 15) is 31.1 Å². The molecule has 2 aliphatic carbocycles. The molecule has 2 N–H and O–H groups in total. The largest absolute Gasteiger partial charge is 1.00 e. The van der Waals surface area contributed by atoms with E-state index in [2.05, 4.69) is 15.3 Å². The third-order valence-electron chi connectivity index (χ3n) is 7.33. The van der Waals surface area contributed by atoms with Gasteiger partial charge in [0.15, 0.2) is 0 Å². The Balaban J connectivity index is 0. The summed E-state index contributed by atoms with van der Waals surface area (Å²) in [5.41, 5.74) is -2.21. The van der Waals surface area contributed by atoms with Gasteiger partial charge < -0.3 is 19.7 Å². The van der Waals surface area contributed by atoms with Gasteiger partial charge in [-0.05, 0) is 72.1 Å². The zero-order chi connectivity index (χ0) is 36.1. The van der Waals surface area contributed by atoms with Crippen molar-refractivity contribution in [2.45, 2.75) is 104 Å². The second-order valence-electron chi connectivity index (χ2n) is 11.7. The van der Waals surface area contributed by atoms with Gasteiger partial charge in [0, 0.05) is 17.3 Å². The number of aryl methyl sites for hydroxylation is 2. The van der Waals surface area contributed by atoms with E-state index in [4.69, 9.17) is 33.4 Å². The molecule has 0 aliphatic heterocycles. The summed E-state index contributed by atoms with van der Waals surface area (Å²) in [4.78, 5) is 44.5. The van der Waals surface area contributed by atoms with Crippen LogP contribution in [0.3, 0.4) is 0 Å². The first-order valence-electron chi connectivity index (χ1n) is 14.5. The number of hydrogen-bond donors (Lipinski definition) is 1. The van der Waals surface area contributed by atoms with Gasteiger partial charge in [-0.25, -0.2) is 9.89 Å². The van der Waals surface area contributed by atoms with Crippen LogP contribution in [-0.2, 0) is 36.8 Å². The normalized spacial score (nSPS) is 14.8. The van der Waals surface area contributed by atoms with Gasteiger partial charge in [-0.3, -0.25) is 0 Å². The summed E-state index contributed by atoms with van der Waals surface area (Å²) < 4.78 is 93.6. The molecule has 0 aromatic carbocycles. The average molecular weight is 741 g/mol. The predicted molar refractivity (Wildman–Crippen MR) is 149 cm³/mol. The van der Waals surface area contributed by atoms with Crippen molar-refractivity contribution in [1.29, 1.82) is 0 Å². The molecule has 272 valence electrons. The zero-order valence-corrected chi connectivity index (χ0v) is 31.2. The van der Waals surface area contributed by atoms with Crippen LogP contribution in [0.2, 0.25) is 0 Å². The molecule has 2 heterocycles. The second-order valence-corrected chi connectivity index (χ2v) is 11.7. The maximum absolute atomic E-state index is 12.9. The SMILES string of the molecule is CCc1cn(C(=O)OC(C)(C)C)nc1OCCC1(C(F)(F)F)CC1.CCc1cn[nH]c1OCCC1(C(F)(F)F)CC1.O=C=O.O=C=O.[K+].[OH-]. The molecule has 0 amide bonds. The van der Waals surface area contributed by atoms with Crippen molar-refractivity contribution in [2.24, 2.45) is 10.8 Å². The monoisotopic (exact) mass is 740 g/mol. The summed E-state index contributed by atoms with van der Waals surface area (Å²) in [7, 11) is 0. The molecular formula is C29H39F6KN4O9. The van der Waals surface area contributed by atoms with Crippen molar-refractivity contribution in [2.75, 3.05) is 13.2 Å². The van der Waals surface area contributed by atoms with Crippen LogP contribution in [0.1, 0.15) is 84.3 Å². The van der Waals surface area contributed by atoms with Crippen molar-refractivity contribution in [1.82, 2.24) is 20.0 Å². The number of aromatic amines is 1. The van der Waals surface area contributed by atoms with E-state index in [0.717, 1.165) is 16.7 Å². The molecule has 2 aliphatic rings. The molecule has 0 bridgehead atoms. The Morgan fingerprint density at radius 2 is 1.29 bits per heavy atom. The number of carbonyl (C=O) groups is 1. The molecule has 0 saturated heterocycles. The molecule has 49 heavy (non-hydrogen) atoms. The first kappa shape index (κ1) is 48.5. The van der Waals surface area contributed by atoms with Crippen molar-refractivity contribution in [3.8, 4) is 11.8 Å². The fourth-order valence-electron chi connectivity index (χ4n) is 4.18. The molecule has 20 heteroatoms. The molecule has 13 nitrogen and oxygen atoms in total. The Morgan fingerprint density at radius 1 is 0.857 bits per heavy atom. The molecule has 2 saturated carbocycles. The number of carbonyl (C=O) groups excluding carboxylic acids is 5. The molecule has 2 aromatic rings. The standard InChI is InChI=1S/C16H23F3N2O3.C11H15F3N2O.2CO2.K.H2O/c1-5-11-10-21(13(22)24-14(2,3)4)20-12(11)23-9-8-15(6-7-15)16(17,18)19;1-2-8-7-15-16-9(8)17-6-5-10(3-4-10)11(12,13)14;2*2-1-3;;/h10H,5-9H2,1-4H3;7H,2-6H2,1H3,(H,15,16);;;;1H2/q;;;;+1;/p-1. The first-order chi connectivity index (χ1) is 21.8. The van der Waals surface area contributed by atoms with E-state index < -0.39 is 34.9 Å². The van der Waals surface area contributed by atoms with Gasteiger partial charge in [-0.1, -0.05) is 13.8 Å². The Morgan fingerprint density at radius 3 is 1.65 bits per heavy atom. The fraction of sp³-hybridized carbons (Fsp3) is 0.690. The Kier molecular flexibility index (Phi) is 20.7. The number of aromatic nitrogens is 4. The van der Waals surface area contributed by atoms with E-state index in [1.54, 1.807) is 27.0 Å². The van der Waals surface area contributed by atoms with Crippen LogP contribution in [0.4, 0.5) is 31.1 Å². The third-order valence-corrected chi connectivity index (χ3v) is 7.33. The maximum atomic E-state index is 12.9. The van der Waals surface area contributed by atoms with Crippen molar-refractivity contribution >= 4 is 18.4 Å². The van der Waals surface area contributed by atoms with Crippen LogP contribution < -0.4 is 60.9 Å². The van der Waals surface area contributed by atoms with E-state index in [0.29, 0.717) is 17.9 Å². The molecule has 0 radical (unpaired) electrons. The molecule has 0 unspecified atom stereocenters. The fourth-order valence-corrected chi connectivity index (χ4v) is 4.18. The van der Waals surface area contributed by atoms with Gasteiger partial charge >= 0.3 is 82.1 Å². The summed E-state index contributed by atoms with van der Waals surface area (Å²) in [5.74, 6) is 0.673. The van der Waals surface area contributed by atoms with Crippen LogP contribution in [-0.4, -0.2) is 75.0 Å². The number of nitrogens with one attached hydrogen (secondary N) is 1. The predicted octanol–water partition coefficient (Wildman–Crippen LogP) is 3.08. The van der Waals surface area contributed by atoms with Gasteiger partial charge in [-0.2, -0.15) is 55.3 Å². The number of alkyl halides is 6. The summed E-state index contributed by atoms with van der Waals surface area (Å²) in [6, 6.07) is 0. The van der Waals surface area contributed by atoms with Crippen LogP contribution >= 0.6 is 0 Å². The van der Waals surface area contributed by atoms with Crippen molar-refractivity contribution < 1.29 is 121 Å². The minimum absolute atomic E-state index is 0. The van der Waals surface area contributed by atoms with E-state index in [-0.39, 0.29) is 127 Å². The molecule has 2 fully saturated rings. The molecule has 0 spiro atoms. The van der Waals surface area contributed by atoms with Crippen molar-refractivity contribution in [3.05, 3.63) is 23.5 Å². The van der Waals surface area contributed by atoms with Gasteiger partial charge in [0.1, 0.15) is 5.60 Å². The second kappa shape index (κ2) is 20.9. The molecular weight excluding hydrogens is 701 g/mol. The average Bonchev–Trinajstić information content (AvgIpc) is 3.84. The van der Waals surface area contributed by atoms with Gasteiger partial charge in [-0.15, -0.1) is 5.10 Å². The smallest absolute Gasteiger partial charge is 0.870 e. The van der Waals surface area contributed by atoms with E-state index in [1.165, 1.54) is 6.20 Å². The number of ether oxygens (including phenoxy) is 3. The van der Waals surface area contributed by atoms with Crippen LogP contribution in [0, 0.1) is 10.8 Å². The number of nitrogens with zero attached hydrogens (tertiary/aromatic N) is 3. The summed E-state index contributed by atoms with van der Waals surface area (Å²) in [6.45, 7) is 8.99. The number of H-pyrrole nitrogens is 1. The molecule has 0 atom stereocenters. The van der Waals surface area contributed by atoms with Gasteiger partial charge in [0.25, 0.3) is 0 Å². The van der Waals surface area contributed by atoms with Crippen molar-refractivity contribution in [3.63, 3.8) is 0 Å². The van der Waals surface area contributed by atoms with Crippen LogP contribution in [0.25, 0.3) is 0 Å². The van der Waals surface area contributed by atoms with Gasteiger partial charge in [0.05, 0.1) is 30.2 Å². The molecule has 4 rings (SSSR count). The third kappa shape index (κ3) is 15.5. The quantitative estimate of drug-likeness (QED) is 0.278. The number of halogens is 6.